The minimum atomic E-state index is -0.349. The first-order chi connectivity index (χ1) is 14.6. The third-order valence-electron chi connectivity index (χ3n) is 4.91. The van der Waals surface area contributed by atoms with Crippen molar-refractivity contribution >= 4 is 23.4 Å². The molecule has 0 spiro atoms. The Morgan fingerprint density at radius 2 is 1.93 bits per heavy atom. The summed E-state index contributed by atoms with van der Waals surface area (Å²) in [7, 11) is 1.46. The molecule has 0 saturated carbocycles. The number of nitriles is 1. The highest BCUT2D eigenvalue weighted by molar-refractivity contribution is 7.99. The number of anilines is 1. The lowest BCUT2D eigenvalue weighted by atomic mass is 10.2. The zero-order valence-corrected chi connectivity index (χ0v) is 17.8. The van der Waals surface area contributed by atoms with Gasteiger partial charge in [-0.3, -0.25) is 14.6 Å². The molecule has 158 valence electrons. The van der Waals surface area contributed by atoms with Crippen molar-refractivity contribution in [3.05, 3.63) is 53.8 Å². The fraction of sp³-hybridized carbons (Fsp3) is 0.364. The van der Waals surface area contributed by atoms with E-state index in [0.29, 0.717) is 18.8 Å². The highest BCUT2D eigenvalue weighted by Gasteiger charge is 2.20. The van der Waals surface area contributed by atoms with Crippen molar-refractivity contribution in [2.75, 3.05) is 50.9 Å². The maximum atomic E-state index is 13.9. The molecule has 0 aliphatic carbocycles. The maximum Gasteiger partial charge on any atom is 0.238 e. The summed E-state index contributed by atoms with van der Waals surface area (Å²) < 4.78 is 18.8. The van der Waals surface area contributed by atoms with Crippen LogP contribution in [0, 0.1) is 17.1 Å². The molecule has 0 radical (unpaired) electrons. The van der Waals surface area contributed by atoms with Crippen molar-refractivity contribution in [3.8, 4) is 11.8 Å². The Balaban J connectivity index is 1.46. The third-order valence-corrected chi connectivity index (χ3v) is 5.85. The van der Waals surface area contributed by atoms with Gasteiger partial charge in [-0.25, -0.2) is 4.39 Å². The Labute approximate surface area is 180 Å². The first-order valence-corrected chi connectivity index (χ1v) is 10.7. The van der Waals surface area contributed by atoms with Gasteiger partial charge >= 0.3 is 0 Å². The van der Waals surface area contributed by atoms with Crippen LogP contribution in [-0.2, 0) is 11.3 Å². The molecule has 0 aromatic heterocycles. The summed E-state index contributed by atoms with van der Waals surface area (Å²) in [5.41, 5.74) is 1.65. The molecule has 1 aliphatic heterocycles. The van der Waals surface area contributed by atoms with E-state index in [0.717, 1.165) is 42.3 Å². The van der Waals surface area contributed by atoms with Crippen molar-refractivity contribution < 1.29 is 13.9 Å². The van der Waals surface area contributed by atoms with Gasteiger partial charge in [-0.05, 0) is 29.8 Å². The number of carbonyl (C=O) groups is 1. The van der Waals surface area contributed by atoms with Crippen molar-refractivity contribution in [1.82, 2.24) is 9.80 Å². The predicted octanol–water partition coefficient (Wildman–Crippen LogP) is 3.21. The second-order valence-corrected chi connectivity index (χ2v) is 8.03. The van der Waals surface area contributed by atoms with Gasteiger partial charge in [-0.2, -0.15) is 5.26 Å². The van der Waals surface area contributed by atoms with E-state index in [1.165, 1.54) is 24.9 Å². The molecule has 0 atom stereocenters. The van der Waals surface area contributed by atoms with E-state index in [1.807, 2.05) is 30.3 Å². The van der Waals surface area contributed by atoms with Gasteiger partial charge < -0.3 is 10.1 Å². The zero-order valence-electron chi connectivity index (χ0n) is 16.9. The number of thioether (sulfide) groups is 1. The lowest BCUT2D eigenvalue weighted by Gasteiger charge is -2.34. The maximum absolute atomic E-state index is 13.9. The van der Waals surface area contributed by atoms with Crippen molar-refractivity contribution in [2.45, 2.75) is 11.4 Å². The number of hydrogen-bond acceptors (Lipinski definition) is 6. The summed E-state index contributed by atoms with van der Waals surface area (Å²) in [5.74, 6) is 0.179. The standard InChI is InChI=1S/C22H25FN4O2S/c1-29-20-7-6-17(14-18(20)23)15-26-9-11-27(12-10-26)16-22(28)25-19-4-2-3-5-21(19)30-13-8-24/h2-7,14H,9-13,15-16H2,1H3,(H,25,28). The number of methoxy groups -OCH3 is 1. The molecule has 1 aliphatic rings. The highest BCUT2D eigenvalue weighted by Crippen LogP contribution is 2.26. The summed E-state index contributed by atoms with van der Waals surface area (Å²) in [4.78, 5) is 17.7. The Hall–Kier alpha value is -2.60. The van der Waals surface area contributed by atoms with Crippen LogP contribution in [0.2, 0.25) is 0 Å². The minimum absolute atomic E-state index is 0.0642. The Bertz CT molecular complexity index is 910. The number of para-hydroxylation sites is 1. The number of halogens is 1. The number of carbonyl (C=O) groups excluding carboxylic acids is 1. The molecule has 0 unspecified atom stereocenters. The molecule has 6 nitrogen and oxygen atoms in total. The monoisotopic (exact) mass is 428 g/mol. The summed E-state index contributed by atoms with van der Waals surface area (Å²) in [6, 6.07) is 14.7. The van der Waals surface area contributed by atoms with Crippen LogP contribution in [0.25, 0.3) is 0 Å². The molecule has 1 heterocycles. The van der Waals surface area contributed by atoms with Crippen LogP contribution >= 0.6 is 11.8 Å². The zero-order chi connectivity index (χ0) is 21.3. The average molecular weight is 429 g/mol. The molecule has 2 aromatic carbocycles. The van der Waals surface area contributed by atoms with Gasteiger partial charge in [0.1, 0.15) is 0 Å². The quantitative estimate of drug-likeness (QED) is 0.652. The normalized spacial score (nSPS) is 14.8. The van der Waals surface area contributed by atoms with Crippen molar-refractivity contribution in [3.63, 3.8) is 0 Å². The number of amides is 1. The van der Waals surface area contributed by atoms with Crippen LogP contribution in [0.15, 0.2) is 47.4 Å². The number of benzene rings is 2. The molecule has 1 N–H and O–H groups in total. The van der Waals surface area contributed by atoms with Gasteiger partial charge in [-0.15, -0.1) is 11.8 Å². The van der Waals surface area contributed by atoms with E-state index in [9.17, 15) is 9.18 Å². The second kappa shape index (κ2) is 11.0. The third kappa shape index (κ3) is 6.20. The first kappa shape index (κ1) is 22.1. The second-order valence-electron chi connectivity index (χ2n) is 7.01. The highest BCUT2D eigenvalue weighted by atomic mass is 32.2. The van der Waals surface area contributed by atoms with E-state index in [4.69, 9.17) is 10.00 Å². The van der Waals surface area contributed by atoms with Gasteiger partial charge in [0.2, 0.25) is 5.91 Å². The summed E-state index contributed by atoms with van der Waals surface area (Å²) in [5, 5.41) is 11.7. The molecular formula is C22H25FN4O2S. The van der Waals surface area contributed by atoms with Crippen LogP contribution in [0.1, 0.15) is 5.56 Å². The van der Waals surface area contributed by atoms with Crippen LogP contribution in [0.5, 0.6) is 5.75 Å². The van der Waals surface area contributed by atoms with Crippen LogP contribution in [-0.4, -0.2) is 61.3 Å². The topological polar surface area (TPSA) is 68.6 Å². The molecule has 1 fully saturated rings. The van der Waals surface area contributed by atoms with Gasteiger partial charge in [0.25, 0.3) is 0 Å². The van der Waals surface area contributed by atoms with E-state index in [2.05, 4.69) is 21.2 Å². The molecule has 3 rings (SSSR count). The molecule has 8 heteroatoms. The van der Waals surface area contributed by atoms with Crippen LogP contribution in [0.4, 0.5) is 10.1 Å². The Morgan fingerprint density at radius 1 is 1.20 bits per heavy atom. The number of nitrogens with one attached hydrogen (secondary N) is 1. The smallest absolute Gasteiger partial charge is 0.238 e. The Morgan fingerprint density at radius 3 is 2.63 bits per heavy atom. The average Bonchev–Trinajstić information content (AvgIpc) is 2.74. The fourth-order valence-corrected chi connectivity index (χ4v) is 4.04. The molecule has 30 heavy (non-hydrogen) atoms. The molecular weight excluding hydrogens is 403 g/mol. The largest absolute Gasteiger partial charge is 0.494 e. The number of ether oxygens (including phenoxy) is 1. The molecule has 1 saturated heterocycles. The lowest BCUT2D eigenvalue weighted by molar-refractivity contribution is -0.117. The lowest BCUT2D eigenvalue weighted by Crippen LogP contribution is -2.48. The van der Waals surface area contributed by atoms with Crippen LogP contribution < -0.4 is 10.1 Å². The summed E-state index contributed by atoms with van der Waals surface area (Å²) in [6.07, 6.45) is 0. The van der Waals surface area contributed by atoms with Gasteiger partial charge in [0, 0.05) is 37.6 Å². The Kier molecular flexibility index (Phi) is 8.08. The SMILES string of the molecule is COc1ccc(CN2CCN(CC(=O)Nc3ccccc3SCC#N)CC2)cc1F. The predicted molar refractivity (Wildman–Crippen MR) is 116 cm³/mol. The van der Waals surface area contributed by atoms with Crippen molar-refractivity contribution in [1.29, 1.82) is 5.26 Å². The van der Waals surface area contributed by atoms with E-state index in [-0.39, 0.29) is 17.5 Å². The number of rotatable bonds is 8. The van der Waals surface area contributed by atoms with Gasteiger partial charge in [0.15, 0.2) is 11.6 Å². The molecule has 2 aromatic rings. The van der Waals surface area contributed by atoms with E-state index in [1.54, 1.807) is 6.07 Å². The summed E-state index contributed by atoms with van der Waals surface area (Å²) >= 11 is 1.41. The fourth-order valence-electron chi connectivity index (χ4n) is 3.37. The number of hydrogen-bond donors (Lipinski definition) is 1. The van der Waals surface area contributed by atoms with Gasteiger partial charge in [-0.1, -0.05) is 18.2 Å². The van der Waals surface area contributed by atoms with E-state index >= 15 is 0 Å². The molecule has 1 amide bonds. The number of nitrogens with zero attached hydrogens (tertiary/aromatic N) is 3. The summed E-state index contributed by atoms with van der Waals surface area (Å²) in [6.45, 7) is 4.17. The first-order valence-electron chi connectivity index (χ1n) is 9.75. The van der Waals surface area contributed by atoms with Gasteiger partial charge in [0.05, 0.1) is 31.2 Å². The minimum Gasteiger partial charge on any atom is -0.494 e. The van der Waals surface area contributed by atoms with Crippen molar-refractivity contribution in [2.24, 2.45) is 0 Å². The van der Waals surface area contributed by atoms with E-state index < -0.39 is 0 Å². The van der Waals surface area contributed by atoms with Crippen LogP contribution in [0.3, 0.4) is 0 Å². The number of piperazine rings is 1. The molecule has 0 bridgehead atoms.